The van der Waals surface area contributed by atoms with Crippen LogP contribution in [0, 0.1) is 0 Å². The van der Waals surface area contributed by atoms with Crippen LogP contribution in [0.4, 0.5) is 0 Å². The molecule has 2 nitrogen and oxygen atoms in total. The molecule has 1 atom stereocenters. The highest BCUT2D eigenvalue weighted by Crippen LogP contribution is 2.33. The molecule has 0 saturated carbocycles. The lowest BCUT2D eigenvalue weighted by molar-refractivity contribution is 0.501. The molecule has 0 spiro atoms. The Morgan fingerprint density at radius 2 is 2.46 bits per heavy atom. The molecule has 0 bridgehead atoms. The zero-order valence-electron chi connectivity index (χ0n) is 8.26. The molecule has 72 valence electrons. The van der Waals surface area contributed by atoms with E-state index in [0.29, 0.717) is 6.04 Å². The molecule has 0 fully saturated rings. The molecule has 1 heterocycles. The van der Waals surface area contributed by atoms with Crippen LogP contribution >= 0.6 is 11.3 Å². The largest absolute Gasteiger partial charge is 0.312 e. The fourth-order valence-electron chi connectivity index (χ4n) is 1.90. The molecule has 1 aromatic heterocycles. The maximum atomic E-state index is 4.65. The first-order valence-electron chi connectivity index (χ1n) is 5.01. The summed E-state index contributed by atoms with van der Waals surface area (Å²) in [5.74, 6) is 0. The van der Waals surface area contributed by atoms with Crippen LogP contribution in [0.15, 0.2) is 0 Å². The predicted octanol–water partition coefficient (Wildman–Crippen LogP) is 2.30. The molecule has 0 unspecified atom stereocenters. The van der Waals surface area contributed by atoms with Crippen molar-refractivity contribution >= 4 is 11.3 Å². The number of nitrogens with zero attached hydrogens (tertiary/aromatic N) is 1. The smallest absolute Gasteiger partial charge is 0.0928 e. The second-order valence-corrected chi connectivity index (χ2v) is 4.62. The van der Waals surface area contributed by atoms with Gasteiger partial charge in [-0.15, -0.1) is 11.3 Å². The van der Waals surface area contributed by atoms with Gasteiger partial charge >= 0.3 is 0 Å². The second-order valence-electron chi connectivity index (χ2n) is 3.51. The fraction of sp³-hybridized carbons (Fsp3) is 0.700. The van der Waals surface area contributed by atoms with Gasteiger partial charge in [0.2, 0.25) is 0 Å². The van der Waals surface area contributed by atoms with Gasteiger partial charge in [0.1, 0.15) is 0 Å². The fourth-order valence-corrected chi connectivity index (χ4v) is 3.09. The number of aryl methyl sites for hydroxylation is 2. The Bertz CT molecular complexity index is 293. The second kappa shape index (κ2) is 3.76. The van der Waals surface area contributed by atoms with E-state index in [1.165, 1.54) is 34.8 Å². The number of nitrogens with one attached hydrogen (secondary N) is 1. The van der Waals surface area contributed by atoms with Gasteiger partial charge in [-0.2, -0.15) is 0 Å². The summed E-state index contributed by atoms with van der Waals surface area (Å²) in [5.41, 5.74) is 1.35. The van der Waals surface area contributed by atoms with Crippen molar-refractivity contribution in [1.29, 1.82) is 0 Å². The zero-order valence-corrected chi connectivity index (χ0v) is 9.08. The van der Waals surface area contributed by atoms with Crippen LogP contribution in [-0.2, 0) is 12.8 Å². The Hall–Kier alpha value is -0.410. The van der Waals surface area contributed by atoms with E-state index in [-0.39, 0.29) is 0 Å². The van der Waals surface area contributed by atoms with Crippen LogP contribution in [0.5, 0.6) is 0 Å². The van der Waals surface area contributed by atoms with Crippen molar-refractivity contribution in [1.82, 2.24) is 10.3 Å². The van der Waals surface area contributed by atoms with Gasteiger partial charge in [-0.25, -0.2) is 4.98 Å². The minimum Gasteiger partial charge on any atom is -0.312 e. The molecule has 0 aromatic carbocycles. The van der Waals surface area contributed by atoms with Crippen molar-refractivity contribution in [2.45, 2.75) is 38.6 Å². The lowest BCUT2D eigenvalue weighted by Crippen LogP contribution is -2.19. The first kappa shape index (κ1) is 9.16. The summed E-state index contributed by atoms with van der Waals surface area (Å²) in [5, 5.41) is 4.67. The third kappa shape index (κ3) is 1.63. The number of thiazole rings is 1. The Balaban J connectivity index is 2.32. The van der Waals surface area contributed by atoms with Crippen LogP contribution < -0.4 is 5.32 Å². The molecule has 1 aliphatic rings. The Morgan fingerprint density at radius 3 is 3.15 bits per heavy atom. The summed E-state index contributed by atoms with van der Waals surface area (Å²) in [6.07, 6.45) is 4.82. The summed E-state index contributed by atoms with van der Waals surface area (Å²) >= 11 is 1.89. The highest BCUT2D eigenvalue weighted by molar-refractivity contribution is 7.11. The van der Waals surface area contributed by atoms with E-state index in [1.54, 1.807) is 0 Å². The van der Waals surface area contributed by atoms with Crippen molar-refractivity contribution in [3.63, 3.8) is 0 Å². The van der Waals surface area contributed by atoms with E-state index in [2.05, 4.69) is 17.2 Å². The molecule has 0 radical (unpaired) electrons. The lowest BCUT2D eigenvalue weighted by Gasteiger charge is -2.20. The van der Waals surface area contributed by atoms with Gasteiger partial charge in [0.15, 0.2) is 0 Å². The van der Waals surface area contributed by atoms with Crippen LogP contribution in [0.3, 0.4) is 0 Å². The average Bonchev–Trinajstić information content (AvgIpc) is 2.59. The summed E-state index contributed by atoms with van der Waals surface area (Å²) in [4.78, 5) is 6.14. The first-order chi connectivity index (χ1) is 6.35. The van der Waals surface area contributed by atoms with Gasteiger partial charge in [0, 0.05) is 10.9 Å². The number of hydrogen-bond acceptors (Lipinski definition) is 3. The molecular formula is C10H16N2S. The summed E-state index contributed by atoms with van der Waals surface area (Å²) in [6.45, 7) is 2.18. The lowest BCUT2D eigenvalue weighted by atomic mass is 9.98. The molecule has 0 saturated heterocycles. The van der Waals surface area contributed by atoms with Gasteiger partial charge in [-0.3, -0.25) is 0 Å². The quantitative estimate of drug-likeness (QED) is 0.785. The molecule has 2 rings (SSSR count). The maximum Gasteiger partial charge on any atom is 0.0928 e. The van der Waals surface area contributed by atoms with Crippen LogP contribution in [0.2, 0.25) is 0 Å². The third-order valence-electron chi connectivity index (χ3n) is 2.65. The van der Waals surface area contributed by atoms with Crippen LogP contribution in [0.25, 0.3) is 0 Å². The van der Waals surface area contributed by atoms with E-state index in [4.69, 9.17) is 0 Å². The highest BCUT2D eigenvalue weighted by Gasteiger charge is 2.22. The van der Waals surface area contributed by atoms with Crippen LogP contribution in [0.1, 0.15) is 41.4 Å². The Labute approximate surface area is 83.4 Å². The molecule has 13 heavy (non-hydrogen) atoms. The molecular weight excluding hydrogens is 180 g/mol. The topological polar surface area (TPSA) is 24.9 Å². The Morgan fingerprint density at radius 1 is 1.62 bits per heavy atom. The molecule has 0 aliphatic heterocycles. The first-order valence-corrected chi connectivity index (χ1v) is 5.82. The van der Waals surface area contributed by atoms with E-state index >= 15 is 0 Å². The van der Waals surface area contributed by atoms with Gasteiger partial charge in [-0.05, 0) is 32.7 Å². The van der Waals surface area contributed by atoms with Crippen molar-refractivity contribution in [3.8, 4) is 0 Å². The Kier molecular flexibility index (Phi) is 2.65. The van der Waals surface area contributed by atoms with Gasteiger partial charge in [-0.1, -0.05) is 6.92 Å². The van der Waals surface area contributed by atoms with E-state index in [9.17, 15) is 0 Å². The van der Waals surface area contributed by atoms with Crippen molar-refractivity contribution in [2.24, 2.45) is 0 Å². The zero-order chi connectivity index (χ0) is 9.26. The minimum absolute atomic E-state index is 0.571. The molecule has 1 N–H and O–H groups in total. The van der Waals surface area contributed by atoms with Gasteiger partial charge < -0.3 is 5.32 Å². The van der Waals surface area contributed by atoms with Crippen molar-refractivity contribution < 1.29 is 0 Å². The number of fused-ring (bicyclic) bond motifs is 1. The summed E-state index contributed by atoms with van der Waals surface area (Å²) in [7, 11) is 2.05. The van der Waals surface area contributed by atoms with Crippen molar-refractivity contribution in [3.05, 3.63) is 15.6 Å². The maximum absolute atomic E-state index is 4.65. The van der Waals surface area contributed by atoms with Crippen molar-refractivity contribution in [2.75, 3.05) is 7.05 Å². The van der Waals surface area contributed by atoms with E-state index in [1.807, 2.05) is 18.4 Å². The van der Waals surface area contributed by atoms with Gasteiger partial charge in [0.05, 0.1) is 10.7 Å². The molecule has 3 heteroatoms. The monoisotopic (exact) mass is 196 g/mol. The molecule has 0 amide bonds. The normalized spacial score (nSPS) is 21.5. The average molecular weight is 196 g/mol. The highest BCUT2D eigenvalue weighted by atomic mass is 32.1. The number of aromatic nitrogens is 1. The SMILES string of the molecule is CCc1nc2c(s1)[C@@H](NC)CCC2. The standard InChI is InChI=1S/C10H16N2S/c1-3-9-12-8-6-4-5-7(11-2)10(8)13-9/h7,11H,3-6H2,1-2H3/t7-/m0/s1. The summed E-state index contributed by atoms with van der Waals surface area (Å²) < 4.78 is 0. The van der Waals surface area contributed by atoms with E-state index in [0.717, 1.165) is 6.42 Å². The molecule has 1 aromatic rings. The third-order valence-corrected chi connectivity index (χ3v) is 4.00. The summed E-state index contributed by atoms with van der Waals surface area (Å²) in [6, 6.07) is 0.571. The predicted molar refractivity (Wildman–Crippen MR) is 56.2 cm³/mol. The van der Waals surface area contributed by atoms with E-state index < -0.39 is 0 Å². The molecule has 1 aliphatic carbocycles. The van der Waals surface area contributed by atoms with Crippen LogP contribution in [-0.4, -0.2) is 12.0 Å². The number of rotatable bonds is 2. The van der Waals surface area contributed by atoms with Gasteiger partial charge in [0.25, 0.3) is 0 Å². The number of hydrogen-bond donors (Lipinski definition) is 1. The minimum atomic E-state index is 0.571.